The van der Waals surface area contributed by atoms with Crippen molar-refractivity contribution in [2.75, 3.05) is 13.3 Å². The normalized spacial score (nSPS) is 39.5. The molecule has 0 aromatic heterocycles. The molecule has 44 heavy (non-hydrogen) atoms. The van der Waals surface area contributed by atoms with Crippen LogP contribution in [-0.2, 0) is 35.0 Å². The van der Waals surface area contributed by atoms with E-state index in [1.807, 2.05) is 36.4 Å². The maximum absolute atomic E-state index is 14.3. The van der Waals surface area contributed by atoms with Crippen LogP contribution in [0.2, 0.25) is 0 Å². The Morgan fingerprint density at radius 1 is 1.23 bits per heavy atom. The minimum absolute atomic E-state index is 0.00384. The maximum Gasteiger partial charge on any atom is 0.239 e. The number of hydrogen-bond donors (Lipinski definition) is 3. The minimum Gasteiger partial charge on any atom is -0.393 e. The molecule has 4 aliphatic carbocycles. The van der Waals surface area contributed by atoms with Gasteiger partial charge in [-0.2, -0.15) is 0 Å². The summed E-state index contributed by atoms with van der Waals surface area (Å²) in [6.45, 7) is 5.87. The first kappa shape index (κ1) is 31.3. The number of rotatable bonds is 10. The molecular formula is C35H46N2O7. The lowest BCUT2D eigenvalue weighted by Gasteiger charge is -2.59. The number of Topliss-reactive ketones (excluding diaryl/α,β-unsaturated/α-hetero) is 1. The molecule has 1 aromatic carbocycles. The Balaban J connectivity index is 1.17. The summed E-state index contributed by atoms with van der Waals surface area (Å²) in [5.74, 6) is -0.397. The van der Waals surface area contributed by atoms with Crippen LogP contribution in [0.1, 0.15) is 64.9 Å². The largest absolute Gasteiger partial charge is 0.393 e. The maximum atomic E-state index is 14.3. The van der Waals surface area contributed by atoms with Crippen molar-refractivity contribution in [1.29, 1.82) is 0 Å². The van der Waals surface area contributed by atoms with Crippen molar-refractivity contribution in [2.45, 2.75) is 95.9 Å². The van der Waals surface area contributed by atoms with Crippen molar-refractivity contribution >= 4 is 17.5 Å². The van der Waals surface area contributed by atoms with Crippen LogP contribution in [0.3, 0.4) is 0 Å². The molecule has 3 saturated carbocycles. The van der Waals surface area contributed by atoms with Gasteiger partial charge in [0.2, 0.25) is 5.91 Å². The molecule has 10 atom stereocenters. The molecule has 4 N–H and O–H groups in total. The van der Waals surface area contributed by atoms with E-state index in [-0.39, 0.29) is 48.6 Å². The van der Waals surface area contributed by atoms with Crippen molar-refractivity contribution < 1.29 is 33.7 Å². The second-order valence-corrected chi connectivity index (χ2v) is 13.9. The third-order valence-corrected chi connectivity index (χ3v) is 11.4. The number of carbonyl (C=O) groups is 3. The van der Waals surface area contributed by atoms with Crippen molar-refractivity contribution in [3.8, 4) is 0 Å². The van der Waals surface area contributed by atoms with E-state index in [1.54, 1.807) is 12.2 Å². The summed E-state index contributed by atoms with van der Waals surface area (Å²) in [6, 6.07) is 8.81. The number of aliphatic hydroxyl groups excluding tert-OH is 1. The zero-order chi connectivity index (χ0) is 31.3. The molecular weight excluding hydrogens is 560 g/mol. The van der Waals surface area contributed by atoms with Crippen molar-refractivity contribution in [2.24, 2.45) is 34.3 Å². The van der Waals surface area contributed by atoms with Crippen molar-refractivity contribution in [3.05, 3.63) is 59.7 Å². The molecule has 1 aliphatic heterocycles. The molecule has 0 spiro atoms. The fourth-order valence-electron chi connectivity index (χ4n) is 9.47. The molecule has 1 unspecified atom stereocenters. The van der Waals surface area contributed by atoms with Crippen molar-refractivity contribution in [3.63, 3.8) is 0 Å². The highest BCUT2D eigenvalue weighted by Gasteiger charge is 2.75. The lowest BCUT2D eigenvalue weighted by Crippen LogP contribution is -2.63. The molecule has 6 rings (SSSR count). The van der Waals surface area contributed by atoms with Gasteiger partial charge in [0.05, 0.1) is 18.2 Å². The Morgan fingerprint density at radius 2 is 2.00 bits per heavy atom. The molecule has 1 aromatic rings. The monoisotopic (exact) mass is 606 g/mol. The van der Waals surface area contributed by atoms with Crippen LogP contribution in [0.4, 0.5) is 0 Å². The molecule has 0 radical (unpaired) electrons. The van der Waals surface area contributed by atoms with Gasteiger partial charge in [-0.15, -0.1) is 0 Å². The van der Waals surface area contributed by atoms with Crippen LogP contribution < -0.4 is 11.1 Å². The van der Waals surface area contributed by atoms with Gasteiger partial charge in [-0.1, -0.05) is 69.2 Å². The number of fused-ring (bicyclic) bond motifs is 7. The van der Waals surface area contributed by atoms with Crippen molar-refractivity contribution in [1.82, 2.24) is 5.32 Å². The van der Waals surface area contributed by atoms with E-state index in [1.165, 1.54) is 0 Å². The average Bonchev–Trinajstić information content (AvgIpc) is 3.47. The first-order valence-electron chi connectivity index (χ1n) is 16.2. The fraction of sp³-hybridized carbons (Fsp3) is 0.629. The molecule has 9 heteroatoms. The summed E-state index contributed by atoms with van der Waals surface area (Å²) in [7, 11) is 0. The van der Waals surface area contributed by atoms with E-state index in [0.717, 1.165) is 30.4 Å². The van der Waals surface area contributed by atoms with E-state index in [0.29, 0.717) is 25.7 Å². The van der Waals surface area contributed by atoms with Gasteiger partial charge in [0.25, 0.3) is 0 Å². The van der Waals surface area contributed by atoms with Crippen LogP contribution in [-0.4, -0.2) is 66.1 Å². The van der Waals surface area contributed by atoms with Gasteiger partial charge < -0.3 is 30.4 Å². The Hall–Kier alpha value is -2.69. The van der Waals surface area contributed by atoms with E-state index < -0.39 is 41.0 Å². The highest BCUT2D eigenvalue weighted by Crippen LogP contribution is 2.69. The Kier molecular flexibility index (Phi) is 8.47. The molecule has 1 amide bonds. The summed E-state index contributed by atoms with van der Waals surface area (Å²) in [5.41, 5.74) is 5.82. The summed E-state index contributed by atoms with van der Waals surface area (Å²) in [4.78, 5) is 39.0. The van der Waals surface area contributed by atoms with Gasteiger partial charge in [0.15, 0.2) is 23.5 Å². The molecule has 1 saturated heterocycles. The number of carbonyl (C=O) groups excluding carboxylic acids is 3. The van der Waals surface area contributed by atoms with Crippen LogP contribution in [0.5, 0.6) is 0 Å². The second-order valence-electron chi connectivity index (χ2n) is 13.9. The zero-order valence-electron chi connectivity index (χ0n) is 26.0. The topological polar surface area (TPSA) is 137 Å². The summed E-state index contributed by atoms with van der Waals surface area (Å²) < 4.78 is 18.9. The van der Waals surface area contributed by atoms with E-state index >= 15 is 0 Å². The number of allylic oxidation sites excluding steroid dienone is 4. The average molecular weight is 607 g/mol. The number of ether oxygens (including phenoxy) is 3. The number of nitrogens with two attached hydrogens (primary N) is 1. The number of ketones is 2. The van der Waals surface area contributed by atoms with Gasteiger partial charge in [-0.25, -0.2) is 0 Å². The van der Waals surface area contributed by atoms with E-state index in [9.17, 15) is 19.5 Å². The molecule has 0 bridgehead atoms. The number of amides is 1. The van der Waals surface area contributed by atoms with E-state index in [2.05, 4.69) is 26.1 Å². The number of aliphatic hydroxyl groups is 1. The van der Waals surface area contributed by atoms with E-state index in [4.69, 9.17) is 19.9 Å². The van der Waals surface area contributed by atoms with Gasteiger partial charge >= 0.3 is 0 Å². The summed E-state index contributed by atoms with van der Waals surface area (Å²) in [5, 5.41) is 14.6. The minimum atomic E-state index is -1.26. The van der Waals surface area contributed by atoms with Gasteiger partial charge in [-0.05, 0) is 68.1 Å². The molecule has 4 fully saturated rings. The van der Waals surface area contributed by atoms with Crippen LogP contribution in [0, 0.1) is 28.6 Å². The van der Waals surface area contributed by atoms with Crippen LogP contribution >= 0.6 is 0 Å². The zero-order valence-corrected chi connectivity index (χ0v) is 26.0. The Morgan fingerprint density at radius 3 is 2.75 bits per heavy atom. The molecule has 238 valence electrons. The van der Waals surface area contributed by atoms with Crippen LogP contribution in [0.25, 0.3) is 0 Å². The third-order valence-electron chi connectivity index (χ3n) is 11.4. The molecule has 9 nitrogen and oxygen atoms in total. The number of hydrogen-bond acceptors (Lipinski definition) is 8. The lowest BCUT2D eigenvalue weighted by molar-refractivity contribution is -0.201. The first-order chi connectivity index (χ1) is 21.0. The lowest BCUT2D eigenvalue weighted by atomic mass is 9.46. The number of benzene rings is 1. The Labute approximate surface area is 259 Å². The summed E-state index contributed by atoms with van der Waals surface area (Å²) >= 11 is 0. The smallest absolute Gasteiger partial charge is 0.239 e. The first-order valence-corrected chi connectivity index (χ1v) is 16.2. The van der Waals surface area contributed by atoms with Gasteiger partial charge in [-0.3, -0.25) is 14.4 Å². The standard InChI is InChI=1S/C35H46N2O7/c1-4-8-30-43-29-17-25-24-12-11-22-16-23(38)13-14-33(22,2)31(24)27(39)18-34(25,3)35(29,44-30)28(40)19-42-20-37-32(41)26(36)15-21-9-6-5-7-10-21/h5-7,9-10,13-14,16,24-27,29-31,39H,4,8,11-12,15,17-20,36H2,1-3H3,(H,37,41)/t24-,25-,26-,27-,29+,30?,31+,33-,34-,35+/m0/s1. The predicted octanol–water partition coefficient (Wildman–Crippen LogP) is 3.38. The molecule has 5 aliphatic rings. The third kappa shape index (κ3) is 5.01. The highest BCUT2D eigenvalue weighted by atomic mass is 16.7. The fourth-order valence-corrected chi connectivity index (χ4v) is 9.47. The van der Waals surface area contributed by atoms with Gasteiger partial charge in [0.1, 0.15) is 13.3 Å². The predicted molar refractivity (Wildman–Crippen MR) is 163 cm³/mol. The van der Waals surface area contributed by atoms with Gasteiger partial charge in [0, 0.05) is 16.7 Å². The number of nitrogens with one attached hydrogen (secondary N) is 1. The Bertz CT molecular complexity index is 1350. The SMILES string of the molecule is CCCC1O[C@@H]2C[C@H]3[C@@H]4CCC5=CC(=O)C=C[C@]5(C)[C@H]4[C@@H](O)C[C@]3(C)[C@]2(C(=O)COCNC(=O)[C@@H](N)Cc2ccccc2)O1. The highest BCUT2D eigenvalue weighted by molar-refractivity contribution is 6.01. The second kappa shape index (κ2) is 11.9. The molecule has 1 heterocycles. The quantitative estimate of drug-likeness (QED) is 0.272. The van der Waals surface area contributed by atoms with Crippen LogP contribution in [0.15, 0.2) is 54.1 Å². The summed E-state index contributed by atoms with van der Waals surface area (Å²) in [6.07, 6.45) is 8.33.